The first-order chi connectivity index (χ1) is 9.40. The Morgan fingerprint density at radius 2 is 2.30 bits per heavy atom. The van der Waals surface area contributed by atoms with Gasteiger partial charge >= 0.3 is 0 Å². The van der Waals surface area contributed by atoms with Crippen LogP contribution >= 0.6 is 15.9 Å². The van der Waals surface area contributed by atoms with E-state index in [0.29, 0.717) is 12.1 Å². The zero-order chi connectivity index (χ0) is 14.8. The van der Waals surface area contributed by atoms with Crippen LogP contribution in [-0.4, -0.2) is 30.1 Å². The number of rotatable bonds is 3. The molecular weight excluding hydrogens is 320 g/mol. The van der Waals surface area contributed by atoms with Crippen LogP contribution in [0, 0.1) is 5.41 Å². The molecule has 1 aromatic carbocycles. The molecule has 2 rings (SSSR count). The van der Waals surface area contributed by atoms with Crippen molar-refractivity contribution in [1.29, 1.82) is 0 Å². The SMILES string of the molecule is CC1(C)CCCNC1CNC(=O)c1cc(Br)ccc1O. The summed E-state index contributed by atoms with van der Waals surface area (Å²) in [7, 11) is 0. The highest BCUT2D eigenvalue weighted by atomic mass is 79.9. The normalized spacial score (nSPS) is 21.4. The van der Waals surface area contributed by atoms with Gasteiger partial charge in [-0.3, -0.25) is 4.79 Å². The van der Waals surface area contributed by atoms with Gasteiger partial charge in [0.1, 0.15) is 5.75 Å². The second-order valence-electron chi connectivity index (χ2n) is 5.97. The zero-order valence-corrected chi connectivity index (χ0v) is 13.5. The Hall–Kier alpha value is -1.07. The predicted molar refractivity (Wildman–Crippen MR) is 82.9 cm³/mol. The number of nitrogens with one attached hydrogen (secondary N) is 2. The molecule has 1 atom stereocenters. The molecule has 1 aromatic rings. The fourth-order valence-corrected chi connectivity index (χ4v) is 2.96. The summed E-state index contributed by atoms with van der Waals surface area (Å²) in [6.45, 7) is 5.99. The van der Waals surface area contributed by atoms with Crippen molar-refractivity contribution in [1.82, 2.24) is 10.6 Å². The Bertz CT molecular complexity index is 503. The van der Waals surface area contributed by atoms with Gasteiger partial charge in [0.15, 0.2) is 0 Å². The van der Waals surface area contributed by atoms with E-state index < -0.39 is 0 Å². The second kappa shape index (κ2) is 6.14. The fraction of sp³-hybridized carbons (Fsp3) is 0.533. The monoisotopic (exact) mass is 340 g/mol. The highest BCUT2D eigenvalue weighted by molar-refractivity contribution is 9.10. The Morgan fingerprint density at radius 1 is 1.55 bits per heavy atom. The summed E-state index contributed by atoms with van der Waals surface area (Å²) in [6, 6.07) is 5.11. The lowest BCUT2D eigenvalue weighted by Crippen LogP contribution is -2.52. The van der Waals surface area contributed by atoms with Gasteiger partial charge in [-0.1, -0.05) is 29.8 Å². The molecule has 1 amide bonds. The van der Waals surface area contributed by atoms with Crippen molar-refractivity contribution in [3.05, 3.63) is 28.2 Å². The van der Waals surface area contributed by atoms with E-state index in [1.54, 1.807) is 12.1 Å². The van der Waals surface area contributed by atoms with Crippen LogP contribution in [0.3, 0.4) is 0 Å². The molecule has 0 saturated carbocycles. The van der Waals surface area contributed by atoms with Gasteiger partial charge in [-0.2, -0.15) is 0 Å². The Morgan fingerprint density at radius 3 is 3.00 bits per heavy atom. The fourth-order valence-electron chi connectivity index (χ4n) is 2.60. The molecule has 1 saturated heterocycles. The second-order valence-corrected chi connectivity index (χ2v) is 6.89. The predicted octanol–water partition coefficient (Wildman–Crippen LogP) is 2.66. The van der Waals surface area contributed by atoms with Crippen LogP contribution < -0.4 is 10.6 Å². The summed E-state index contributed by atoms with van der Waals surface area (Å²) in [4.78, 5) is 12.2. The van der Waals surface area contributed by atoms with Crippen molar-refractivity contribution in [3.8, 4) is 5.75 Å². The highest BCUT2D eigenvalue weighted by Gasteiger charge is 2.32. The van der Waals surface area contributed by atoms with Gasteiger partial charge in [-0.15, -0.1) is 0 Å². The summed E-state index contributed by atoms with van der Waals surface area (Å²) >= 11 is 3.31. The first-order valence-electron chi connectivity index (χ1n) is 6.90. The van der Waals surface area contributed by atoms with E-state index in [2.05, 4.69) is 40.4 Å². The zero-order valence-electron chi connectivity index (χ0n) is 11.9. The molecule has 5 heteroatoms. The summed E-state index contributed by atoms with van der Waals surface area (Å²) in [5.74, 6) is -0.242. The van der Waals surface area contributed by atoms with Gasteiger partial charge in [-0.05, 0) is 43.0 Å². The molecule has 0 bridgehead atoms. The third-order valence-corrected chi connectivity index (χ3v) is 4.50. The van der Waals surface area contributed by atoms with Gasteiger partial charge in [-0.25, -0.2) is 0 Å². The van der Waals surface area contributed by atoms with Crippen molar-refractivity contribution in [2.75, 3.05) is 13.1 Å². The van der Waals surface area contributed by atoms with E-state index in [0.717, 1.165) is 17.4 Å². The van der Waals surface area contributed by atoms with E-state index in [-0.39, 0.29) is 23.1 Å². The minimum atomic E-state index is -0.244. The number of amides is 1. The summed E-state index contributed by atoms with van der Waals surface area (Å²) in [6.07, 6.45) is 2.33. The number of halogens is 1. The molecule has 0 aliphatic carbocycles. The molecule has 20 heavy (non-hydrogen) atoms. The van der Waals surface area contributed by atoms with Gasteiger partial charge in [0.2, 0.25) is 0 Å². The third kappa shape index (κ3) is 3.52. The summed E-state index contributed by atoms with van der Waals surface area (Å²) < 4.78 is 0.775. The molecule has 0 radical (unpaired) electrons. The number of benzene rings is 1. The van der Waals surface area contributed by atoms with E-state index >= 15 is 0 Å². The van der Waals surface area contributed by atoms with Crippen molar-refractivity contribution in [2.45, 2.75) is 32.7 Å². The maximum absolute atomic E-state index is 12.2. The number of piperidine rings is 1. The van der Waals surface area contributed by atoms with E-state index in [1.807, 2.05) is 0 Å². The van der Waals surface area contributed by atoms with Gasteiger partial charge in [0, 0.05) is 17.1 Å². The topological polar surface area (TPSA) is 61.4 Å². The minimum Gasteiger partial charge on any atom is -0.507 e. The molecular formula is C15H21BrN2O2. The largest absolute Gasteiger partial charge is 0.507 e. The molecule has 0 aromatic heterocycles. The van der Waals surface area contributed by atoms with Crippen LogP contribution in [0.2, 0.25) is 0 Å². The number of phenolic OH excluding ortho intramolecular Hbond substituents is 1. The highest BCUT2D eigenvalue weighted by Crippen LogP contribution is 2.29. The lowest BCUT2D eigenvalue weighted by Gasteiger charge is -2.39. The van der Waals surface area contributed by atoms with Gasteiger partial charge < -0.3 is 15.7 Å². The molecule has 1 unspecified atom stereocenters. The van der Waals surface area contributed by atoms with Crippen molar-refractivity contribution < 1.29 is 9.90 Å². The van der Waals surface area contributed by atoms with Crippen molar-refractivity contribution >= 4 is 21.8 Å². The van der Waals surface area contributed by atoms with Crippen molar-refractivity contribution in [3.63, 3.8) is 0 Å². The average molecular weight is 341 g/mol. The number of phenols is 1. The number of carbonyl (C=O) groups is 1. The standard InChI is InChI=1S/C15H21BrN2O2/c1-15(2)6-3-7-17-13(15)9-18-14(20)11-8-10(16)4-5-12(11)19/h4-5,8,13,17,19H,3,6-7,9H2,1-2H3,(H,18,20). The Labute approximate surface area is 128 Å². The van der Waals surface area contributed by atoms with Gasteiger partial charge in [0.25, 0.3) is 5.91 Å². The summed E-state index contributed by atoms with van der Waals surface area (Å²) in [5, 5.41) is 16.1. The minimum absolute atomic E-state index is 0.00145. The number of hydrogen-bond acceptors (Lipinski definition) is 3. The quantitative estimate of drug-likeness (QED) is 0.792. The van der Waals surface area contributed by atoms with Crippen molar-refractivity contribution in [2.24, 2.45) is 5.41 Å². The van der Waals surface area contributed by atoms with Crippen LogP contribution in [0.4, 0.5) is 0 Å². The Balaban J connectivity index is 2.00. The van der Waals surface area contributed by atoms with E-state index in [1.165, 1.54) is 12.5 Å². The molecule has 1 fully saturated rings. The van der Waals surface area contributed by atoms with Crippen LogP contribution in [0.15, 0.2) is 22.7 Å². The molecule has 0 spiro atoms. The van der Waals surface area contributed by atoms with Gasteiger partial charge in [0.05, 0.1) is 5.56 Å². The van der Waals surface area contributed by atoms with E-state index in [4.69, 9.17) is 0 Å². The molecule has 110 valence electrons. The van der Waals surface area contributed by atoms with Crippen LogP contribution in [-0.2, 0) is 0 Å². The van der Waals surface area contributed by atoms with Crippen LogP contribution in [0.1, 0.15) is 37.0 Å². The molecule has 1 heterocycles. The lowest BCUT2D eigenvalue weighted by molar-refractivity contribution is 0.0926. The molecule has 1 aliphatic heterocycles. The number of carbonyl (C=O) groups excluding carboxylic acids is 1. The smallest absolute Gasteiger partial charge is 0.255 e. The molecule has 1 aliphatic rings. The van der Waals surface area contributed by atoms with Crippen LogP contribution in [0.25, 0.3) is 0 Å². The molecule has 3 N–H and O–H groups in total. The third-order valence-electron chi connectivity index (χ3n) is 4.00. The lowest BCUT2D eigenvalue weighted by atomic mass is 9.77. The Kier molecular flexibility index (Phi) is 4.70. The van der Waals surface area contributed by atoms with E-state index in [9.17, 15) is 9.90 Å². The number of aromatic hydroxyl groups is 1. The first kappa shape index (κ1) is 15.3. The maximum atomic E-state index is 12.2. The first-order valence-corrected chi connectivity index (χ1v) is 7.69. The molecule has 4 nitrogen and oxygen atoms in total. The average Bonchev–Trinajstić information content (AvgIpc) is 2.39. The maximum Gasteiger partial charge on any atom is 0.255 e. The number of hydrogen-bond donors (Lipinski definition) is 3. The summed E-state index contributed by atoms with van der Waals surface area (Å²) in [5.41, 5.74) is 0.471. The van der Waals surface area contributed by atoms with Crippen LogP contribution in [0.5, 0.6) is 5.75 Å².